The highest BCUT2D eigenvalue weighted by Gasteiger charge is 2.49. The second-order valence-electron chi connectivity index (χ2n) is 12.8. The lowest BCUT2D eigenvalue weighted by molar-refractivity contribution is -0.156. The molecule has 0 bridgehead atoms. The second kappa shape index (κ2) is 14.4. The highest BCUT2D eigenvalue weighted by molar-refractivity contribution is 6.18. The van der Waals surface area contributed by atoms with Gasteiger partial charge in [0.25, 0.3) is 0 Å². The van der Waals surface area contributed by atoms with Crippen LogP contribution in [0.3, 0.4) is 0 Å². The first-order valence-electron chi connectivity index (χ1n) is 15.4. The van der Waals surface area contributed by atoms with Crippen molar-refractivity contribution in [1.29, 1.82) is 0 Å². The molecule has 1 aliphatic heterocycles. The van der Waals surface area contributed by atoms with E-state index in [9.17, 15) is 19.5 Å². The van der Waals surface area contributed by atoms with Crippen molar-refractivity contribution >= 4 is 40.7 Å². The third kappa shape index (κ3) is 7.57. The maximum Gasteiger partial charge on any atom is 0.315 e. The molecule has 1 saturated heterocycles. The molecule has 1 heterocycles. The summed E-state index contributed by atoms with van der Waals surface area (Å²) in [5.41, 5.74) is 0. The second-order valence-corrected chi connectivity index (χ2v) is 13.6. The predicted molar refractivity (Wildman–Crippen MR) is 156 cm³/mol. The lowest BCUT2D eigenvalue weighted by atomic mass is 9.67. The number of rotatable bonds is 11. The van der Waals surface area contributed by atoms with Gasteiger partial charge in [0.15, 0.2) is 5.78 Å². The number of carbonyl (C=O) groups excluding carboxylic acids is 2. The van der Waals surface area contributed by atoms with E-state index in [1.54, 1.807) is 0 Å². The maximum absolute atomic E-state index is 13.6. The molecule has 0 amide bonds. The zero-order valence-corrected chi connectivity index (χ0v) is 25.3. The molecule has 0 radical (unpaired) electrons. The van der Waals surface area contributed by atoms with E-state index in [-0.39, 0.29) is 42.2 Å². The van der Waals surface area contributed by atoms with Crippen molar-refractivity contribution in [2.45, 2.75) is 115 Å². The Morgan fingerprint density at radius 1 is 0.923 bits per heavy atom. The molecule has 0 aromatic carbocycles. The number of nitrogens with zero attached hydrogens (tertiary/aromatic N) is 2. The third-order valence-electron chi connectivity index (χ3n) is 10.3. The van der Waals surface area contributed by atoms with E-state index >= 15 is 0 Å². The molecule has 4 aliphatic rings. The highest BCUT2D eigenvalue weighted by atomic mass is 35.5. The van der Waals surface area contributed by atoms with Crippen molar-refractivity contribution in [3.63, 3.8) is 0 Å². The van der Waals surface area contributed by atoms with Crippen LogP contribution in [0.1, 0.15) is 84.5 Å². The normalized spacial score (nSPS) is 36.2. The van der Waals surface area contributed by atoms with Gasteiger partial charge in [0.2, 0.25) is 0 Å². The van der Waals surface area contributed by atoms with Crippen molar-refractivity contribution in [3.05, 3.63) is 0 Å². The molecule has 4 rings (SSSR count). The van der Waals surface area contributed by atoms with E-state index in [2.05, 4.69) is 29.0 Å². The number of hydrogen-bond acceptors (Lipinski definition) is 6. The lowest BCUT2D eigenvalue weighted by Gasteiger charge is -2.49. The van der Waals surface area contributed by atoms with Crippen molar-refractivity contribution < 1.29 is 19.5 Å². The van der Waals surface area contributed by atoms with E-state index in [1.807, 2.05) is 0 Å². The number of piperidine rings is 1. The topological polar surface area (TPSA) is 90.0 Å². The number of Topliss-reactive ketones (excluding diaryl/α,β-unsaturated/α-hetero) is 2. The number of hydrogen-bond donors (Lipinski definition) is 2. The first-order chi connectivity index (χ1) is 18.7. The van der Waals surface area contributed by atoms with Crippen LogP contribution in [0.15, 0.2) is 0 Å². The molecule has 0 aromatic heterocycles. The van der Waals surface area contributed by atoms with Gasteiger partial charge in [-0.05, 0) is 84.5 Å². The Bertz CT molecular complexity index is 836. The number of alkyl halides is 2. The summed E-state index contributed by atoms with van der Waals surface area (Å²) in [5.74, 6) is -0.512. The number of ketones is 2. The van der Waals surface area contributed by atoms with Gasteiger partial charge in [0.1, 0.15) is 11.7 Å². The summed E-state index contributed by atoms with van der Waals surface area (Å²) in [4.78, 5) is 42.9. The summed E-state index contributed by atoms with van der Waals surface area (Å²) in [5, 5.41) is 13.5. The highest BCUT2D eigenvalue weighted by Crippen LogP contribution is 2.41. The van der Waals surface area contributed by atoms with Crippen LogP contribution < -0.4 is 5.32 Å². The zero-order valence-electron chi connectivity index (χ0n) is 23.8. The molecule has 3 aliphatic carbocycles. The predicted octanol–water partition coefficient (Wildman–Crippen LogP) is 4.57. The molecule has 3 saturated carbocycles. The average molecular weight is 587 g/mol. The number of likely N-dealkylation sites (tertiary alicyclic amines) is 1. The molecule has 39 heavy (non-hydrogen) atoms. The fourth-order valence-corrected chi connectivity index (χ4v) is 8.54. The van der Waals surface area contributed by atoms with Gasteiger partial charge in [-0.25, -0.2) is 0 Å². The fraction of sp³-hybridized carbons (Fsp3) is 0.900. The Hall–Kier alpha value is -0.730. The molecule has 222 valence electrons. The Labute approximate surface area is 244 Å². The number of carboxylic acid groups (broad SMARTS) is 1. The molecule has 4 fully saturated rings. The van der Waals surface area contributed by atoms with E-state index < -0.39 is 11.9 Å². The van der Waals surface area contributed by atoms with Gasteiger partial charge in [0.05, 0.1) is 0 Å². The zero-order chi connectivity index (χ0) is 28.1. The minimum Gasteiger partial charge on any atom is -0.481 e. The molecule has 4 unspecified atom stereocenters. The molecule has 2 N–H and O–H groups in total. The first kappa shape index (κ1) is 31.2. The number of aliphatic carboxylic acids is 1. The molecular weight excluding hydrogens is 537 g/mol. The number of halogens is 2. The summed E-state index contributed by atoms with van der Waals surface area (Å²) in [7, 11) is 0. The van der Waals surface area contributed by atoms with E-state index in [0.29, 0.717) is 48.5 Å². The van der Waals surface area contributed by atoms with Crippen LogP contribution in [0.4, 0.5) is 0 Å². The summed E-state index contributed by atoms with van der Waals surface area (Å²) >= 11 is 12.0. The van der Waals surface area contributed by atoms with Crippen molar-refractivity contribution in [2.24, 2.45) is 23.7 Å². The quantitative estimate of drug-likeness (QED) is 0.271. The van der Waals surface area contributed by atoms with Crippen LogP contribution in [-0.2, 0) is 14.4 Å². The minimum atomic E-state index is -1.01. The number of fused-ring (bicyclic) bond motifs is 1. The molecule has 0 spiro atoms. The smallest absolute Gasteiger partial charge is 0.315 e. The monoisotopic (exact) mass is 585 g/mol. The Kier molecular flexibility index (Phi) is 11.6. The van der Waals surface area contributed by atoms with Gasteiger partial charge in [-0.2, -0.15) is 0 Å². The molecule has 7 nitrogen and oxygen atoms in total. The molecule has 9 heteroatoms. The minimum absolute atomic E-state index is 0.00427. The fourth-order valence-electron chi connectivity index (χ4n) is 8.10. The number of nitrogens with one attached hydrogen (secondary N) is 1. The van der Waals surface area contributed by atoms with Crippen LogP contribution in [0.5, 0.6) is 0 Å². The van der Waals surface area contributed by atoms with Gasteiger partial charge in [0, 0.05) is 79.4 Å². The van der Waals surface area contributed by atoms with Crippen LogP contribution in [-0.4, -0.2) is 94.0 Å². The Morgan fingerprint density at radius 2 is 1.49 bits per heavy atom. The van der Waals surface area contributed by atoms with E-state index in [4.69, 9.17) is 23.2 Å². The van der Waals surface area contributed by atoms with Gasteiger partial charge in [-0.3, -0.25) is 24.2 Å². The number of carbonyl (C=O) groups is 3. The maximum atomic E-state index is 13.6. The van der Waals surface area contributed by atoms with Crippen LogP contribution in [0.2, 0.25) is 0 Å². The summed E-state index contributed by atoms with van der Waals surface area (Å²) < 4.78 is 0. The summed E-state index contributed by atoms with van der Waals surface area (Å²) in [6.45, 7) is 6.21. The van der Waals surface area contributed by atoms with Gasteiger partial charge < -0.3 is 10.4 Å². The largest absolute Gasteiger partial charge is 0.481 e. The van der Waals surface area contributed by atoms with Crippen molar-refractivity contribution in [3.8, 4) is 0 Å². The number of carboxylic acids is 1. The van der Waals surface area contributed by atoms with Crippen LogP contribution >= 0.6 is 23.2 Å². The van der Waals surface area contributed by atoms with Crippen LogP contribution in [0.25, 0.3) is 0 Å². The lowest BCUT2D eigenvalue weighted by Crippen LogP contribution is -2.60. The SMILES string of the molecule is CC(C)N1CC(C(=O)O)C(=O)C2CCC(C(=O)C3CCC(NC4CCC(N(CCCl)CCCl)CC4)CC3)CC21. The molecule has 4 atom stereocenters. The first-order valence-corrected chi connectivity index (χ1v) is 16.5. The average Bonchev–Trinajstić information content (AvgIpc) is 2.93. The van der Waals surface area contributed by atoms with Crippen molar-refractivity contribution in [2.75, 3.05) is 31.4 Å². The van der Waals surface area contributed by atoms with Gasteiger partial charge >= 0.3 is 5.97 Å². The summed E-state index contributed by atoms with van der Waals surface area (Å²) in [6.07, 6.45) is 10.8. The van der Waals surface area contributed by atoms with E-state index in [1.165, 1.54) is 25.7 Å². The van der Waals surface area contributed by atoms with Gasteiger partial charge in [-0.15, -0.1) is 23.2 Å². The summed E-state index contributed by atoms with van der Waals surface area (Å²) in [6, 6.07) is 1.79. The molecular formula is C30H49Cl2N3O4. The Morgan fingerprint density at radius 3 is 2.03 bits per heavy atom. The third-order valence-corrected chi connectivity index (χ3v) is 10.6. The van der Waals surface area contributed by atoms with Crippen molar-refractivity contribution in [1.82, 2.24) is 15.1 Å². The van der Waals surface area contributed by atoms with E-state index in [0.717, 1.165) is 45.2 Å². The molecule has 0 aromatic rings. The standard InChI is InChI=1S/C30H49Cl2N3O4/c1-19(2)35-18-26(30(38)39)29(37)25-12-5-21(17-27(25)35)28(36)20-3-6-22(7-4-20)33-23-8-10-24(11-9-23)34(15-13-31)16-14-32/h19-27,33H,3-18H2,1-2H3,(H,38,39). The van der Waals surface area contributed by atoms with Crippen LogP contribution in [0, 0.1) is 23.7 Å². The van der Waals surface area contributed by atoms with Gasteiger partial charge in [-0.1, -0.05) is 0 Å². The Balaban J connectivity index is 1.24.